The van der Waals surface area contributed by atoms with Gasteiger partial charge in [0.05, 0.1) is 5.69 Å². The number of aryl methyl sites for hydroxylation is 1. The molecule has 0 spiro atoms. The standard InChI is InChI=1S/C10H15N3O3S/c1-5-6(8(14)15)7(17-13-5)11-9(16)12-10(2,3)4/h1-4H3,(H,14,15)(H2,11,12,16). The van der Waals surface area contributed by atoms with Crippen molar-refractivity contribution < 1.29 is 14.7 Å². The molecule has 0 aliphatic rings. The van der Waals surface area contributed by atoms with Crippen LogP contribution in [0.1, 0.15) is 36.8 Å². The summed E-state index contributed by atoms with van der Waals surface area (Å²) in [5, 5.41) is 14.4. The number of aromatic nitrogens is 1. The molecule has 1 rings (SSSR count). The number of nitrogens with zero attached hydrogens (tertiary/aromatic N) is 1. The number of carboxylic acid groups (broad SMARTS) is 1. The summed E-state index contributed by atoms with van der Waals surface area (Å²) < 4.78 is 3.91. The van der Waals surface area contributed by atoms with Crippen LogP contribution in [0.2, 0.25) is 0 Å². The minimum absolute atomic E-state index is 0.0408. The van der Waals surface area contributed by atoms with Gasteiger partial charge in [-0.1, -0.05) is 0 Å². The molecule has 0 radical (unpaired) electrons. The lowest BCUT2D eigenvalue weighted by Gasteiger charge is -2.20. The van der Waals surface area contributed by atoms with Gasteiger partial charge in [-0.15, -0.1) is 0 Å². The molecular weight excluding hydrogens is 242 g/mol. The summed E-state index contributed by atoms with van der Waals surface area (Å²) in [6, 6.07) is -0.441. The summed E-state index contributed by atoms with van der Waals surface area (Å²) in [5.74, 6) is -1.10. The number of carbonyl (C=O) groups excluding carboxylic acids is 1. The van der Waals surface area contributed by atoms with Crippen molar-refractivity contribution in [1.82, 2.24) is 9.69 Å². The maximum atomic E-state index is 11.6. The van der Waals surface area contributed by atoms with Gasteiger partial charge in [0.15, 0.2) is 0 Å². The quantitative estimate of drug-likeness (QED) is 0.756. The molecular formula is C10H15N3O3S. The molecule has 1 heterocycles. The number of rotatable bonds is 2. The van der Waals surface area contributed by atoms with Crippen molar-refractivity contribution in [2.75, 3.05) is 5.32 Å². The van der Waals surface area contributed by atoms with Crippen molar-refractivity contribution >= 4 is 28.5 Å². The lowest BCUT2D eigenvalue weighted by molar-refractivity contribution is 0.0697. The van der Waals surface area contributed by atoms with Crippen molar-refractivity contribution in [2.45, 2.75) is 33.2 Å². The van der Waals surface area contributed by atoms with E-state index in [9.17, 15) is 9.59 Å². The fourth-order valence-corrected chi connectivity index (χ4v) is 1.97. The van der Waals surface area contributed by atoms with Gasteiger partial charge in [-0.3, -0.25) is 5.32 Å². The van der Waals surface area contributed by atoms with E-state index in [0.717, 1.165) is 11.5 Å². The normalized spacial score (nSPS) is 11.1. The Bertz CT molecular complexity index is 448. The summed E-state index contributed by atoms with van der Waals surface area (Å²) in [6.07, 6.45) is 0. The van der Waals surface area contributed by atoms with Gasteiger partial charge in [-0.25, -0.2) is 9.59 Å². The number of carboxylic acids is 1. The van der Waals surface area contributed by atoms with Gasteiger partial charge in [0.25, 0.3) is 0 Å². The molecule has 1 aromatic rings. The molecule has 0 unspecified atom stereocenters. The van der Waals surface area contributed by atoms with E-state index in [1.165, 1.54) is 0 Å². The number of amides is 2. The second-order valence-corrected chi connectivity index (χ2v) is 5.38. The van der Waals surface area contributed by atoms with Gasteiger partial charge in [0.1, 0.15) is 10.6 Å². The van der Waals surface area contributed by atoms with Gasteiger partial charge < -0.3 is 10.4 Å². The third-order valence-electron chi connectivity index (χ3n) is 1.79. The van der Waals surface area contributed by atoms with Gasteiger partial charge in [0.2, 0.25) is 0 Å². The zero-order chi connectivity index (χ0) is 13.2. The summed E-state index contributed by atoms with van der Waals surface area (Å²) >= 11 is 0.956. The molecule has 0 bridgehead atoms. The smallest absolute Gasteiger partial charge is 0.340 e. The Hall–Kier alpha value is -1.63. The molecule has 3 N–H and O–H groups in total. The Kier molecular flexibility index (Phi) is 3.72. The topological polar surface area (TPSA) is 91.3 Å². The highest BCUT2D eigenvalue weighted by Gasteiger charge is 2.20. The van der Waals surface area contributed by atoms with Crippen LogP contribution in [0, 0.1) is 6.92 Å². The molecule has 0 saturated carbocycles. The molecule has 94 valence electrons. The first-order valence-corrected chi connectivity index (χ1v) is 5.77. The van der Waals surface area contributed by atoms with Crippen LogP contribution < -0.4 is 10.6 Å². The second kappa shape index (κ2) is 4.70. The molecule has 1 aromatic heterocycles. The largest absolute Gasteiger partial charge is 0.478 e. The van der Waals surface area contributed by atoms with Crippen molar-refractivity contribution in [3.8, 4) is 0 Å². The van der Waals surface area contributed by atoms with Crippen LogP contribution in [0.15, 0.2) is 0 Å². The molecule has 0 atom stereocenters. The molecule has 7 heteroatoms. The second-order valence-electron chi connectivity index (χ2n) is 4.61. The fourth-order valence-electron chi connectivity index (χ4n) is 1.18. The number of hydrogen-bond acceptors (Lipinski definition) is 4. The summed E-state index contributed by atoms with van der Waals surface area (Å²) in [6.45, 7) is 7.10. The predicted molar refractivity (Wildman–Crippen MR) is 65.7 cm³/mol. The highest BCUT2D eigenvalue weighted by molar-refractivity contribution is 7.11. The first-order chi connectivity index (χ1) is 7.70. The third kappa shape index (κ3) is 3.70. The monoisotopic (exact) mass is 257 g/mol. The van der Waals surface area contributed by atoms with Gasteiger partial charge in [-0.2, -0.15) is 4.37 Å². The number of urea groups is 1. The van der Waals surface area contributed by atoms with Crippen molar-refractivity contribution in [2.24, 2.45) is 0 Å². The minimum Gasteiger partial charge on any atom is -0.478 e. The zero-order valence-corrected chi connectivity index (χ0v) is 10.9. The lowest BCUT2D eigenvalue weighted by Crippen LogP contribution is -2.43. The van der Waals surface area contributed by atoms with Crippen LogP contribution in [-0.4, -0.2) is 27.0 Å². The van der Waals surface area contributed by atoms with Crippen molar-refractivity contribution in [1.29, 1.82) is 0 Å². The van der Waals surface area contributed by atoms with E-state index in [0.29, 0.717) is 5.69 Å². The van der Waals surface area contributed by atoms with Gasteiger partial charge in [0, 0.05) is 5.54 Å². The SMILES string of the molecule is Cc1nsc(NC(=O)NC(C)(C)C)c1C(=O)O. The molecule has 6 nitrogen and oxygen atoms in total. The van der Waals surface area contributed by atoms with E-state index >= 15 is 0 Å². The van der Waals surface area contributed by atoms with E-state index in [-0.39, 0.29) is 16.1 Å². The fraction of sp³-hybridized carbons (Fsp3) is 0.500. The first-order valence-electron chi connectivity index (χ1n) is 4.99. The van der Waals surface area contributed by atoms with Crippen molar-refractivity contribution in [3.05, 3.63) is 11.3 Å². The van der Waals surface area contributed by atoms with Crippen LogP contribution in [0.3, 0.4) is 0 Å². The highest BCUT2D eigenvalue weighted by Crippen LogP contribution is 2.24. The summed E-state index contributed by atoms with van der Waals surface area (Å²) in [4.78, 5) is 22.5. The number of aromatic carboxylic acids is 1. The van der Waals surface area contributed by atoms with E-state index in [1.807, 2.05) is 20.8 Å². The number of hydrogen-bond donors (Lipinski definition) is 3. The van der Waals surface area contributed by atoms with Crippen LogP contribution in [-0.2, 0) is 0 Å². The molecule has 17 heavy (non-hydrogen) atoms. The van der Waals surface area contributed by atoms with E-state index in [2.05, 4.69) is 15.0 Å². The van der Waals surface area contributed by atoms with E-state index in [4.69, 9.17) is 5.11 Å². The minimum atomic E-state index is -1.10. The van der Waals surface area contributed by atoms with Gasteiger partial charge >= 0.3 is 12.0 Å². The molecule has 0 aliphatic carbocycles. The molecule has 0 saturated heterocycles. The Morgan fingerprint density at radius 1 is 1.35 bits per heavy atom. The predicted octanol–water partition coefficient (Wildman–Crippen LogP) is 2.07. The first kappa shape index (κ1) is 13.4. The van der Waals surface area contributed by atoms with Crippen molar-refractivity contribution in [3.63, 3.8) is 0 Å². The number of carbonyl (C=O) groups is 2. The van der Waals surface area contributed by atoms with Gasteiger partial charge in [-0.05, 0) is 39.2 Å². The lowest BCUT2D eigenvalue weighted by atomic mass is 10.1. The third-order valence-corrected chi connectivity index (χ3v) is 2.65. The molecule has 0 aromatic carbocycles. The molecule has 2 amide bonds. The summed E-state index contributed by atoms with van der Waals surface area (Å²) in [5.41, 5.74) is 0.0559. The molecule has 0 aliphatic heterocycles. The Balaban J connectivity index is 2.83. The Morgan fingerprint density at radius 2 is 1.94 bits per heavy atom. The average molecular weight is 257 g/mol. The number of anilines is 1. The summed E-state index contributed by atoms with van der Waals surface area (Å²) in [7, 11) is 0. The maximum Gasteiger partial charge on any atom is 0.340 e. The van der Waals surface area contributed by atoms with Crippen LogP contribution in [0.4, 0.5) is 9.80 Å². The van der Waals surface area contributed by atoms with E-state index < -0.39 is 12.0 Å². The van der Waals surface area contributed by atoms with Crippen LogP contribution in [0.5, 0.6) is 0 Å². The highest BCUT2D eigenvalue weighted by atomic mass is 32.1. The zero-order valence-electron chi connectivity index (χ0n) is 10.1. The maximum absolute atomic E-state index is 11.6. The average Bonchev–Trinajstić information content (AvgIpc) is 2.42. The Morgan fingerprint density at radius 3 is 2.41 bits per heavy atom. The Labute approximate surface area is 103 Å². The molecule has 0 fully saturated rings. The van der Waals surface area contributed by atoms with E-state index in [1.54, 1.807) is 6.92 Å². The van der Waals surface area contributed by atoms with Crippen LogP contribution in [0.25, 0.3) is 0 Å². The number of nitrogens with one attached hydrogen (secondary N) is 2. The van der Waals surface area contributed by atoms with Crippen LogP contribution >= 0.6 is 11.5 Å².